The molecule has 0 aliphatic rings. The summed E-state index contributed by atoms with van der Waals surface area (Å²) >= 11 is 0. The number of amides is 1. The van der Waals surface area contributed by atoms with Gasteiger partial charge in [0.05, 0.1) is 34.9 Å². The van der Waals surface area contributed by atoms with Crippen molar-refractivity contribution >= 4 is 22.1 Å². The maximum Gasteiger partial charge on any atom is 0.511 e. The Hall–Kier alpha value is -4.87. The summed E-state index contributed by atoms with van der Waals surface area (Å²) in [4.78, 5) is 28.0. The Bertz CT molecular complexity index is 1620. The largest absolute Gasteiger partial charge is 0.569 e. The molecule has 0 atom stereocenters. The number of alkyl halides is 3. The fourth-order valence-electron chi connectivity index (χ4n) is 3.44. The Morgan fingerprint density at radius 2 is 1.70 bits per heavy atom. The lowest BCUT2D eigenvalue weighted by Crippen LogP contribution is -2.56. The fourth-order valence-corrected chi connectivity index (χ4v) is 4.55. The molecule has 0 aliphatic carbocycles. The Balaban J connectivity index is 1.78. The van der Waals surface area contributed by atoms with E-state index in [9.17, 15) is 36.4 Å². The predicted octanol–water partition coefficient (Wildman–Crippen LogP) is 4.32. The molecule has 14 nitrogen and oxygen atoms in total. The molecular formula is C26H29F3N6O8S. The number of carbonyl (C=O) groups is 2. The molecule has 1 aromatic heterocycles. The number of likely N-dealkylation sites (N-methyl/N-ethyl adjacent to an activating group) is 1. The van der Waals surface area contributed by atoms with Gasteiger partial charge in [-0.05, 0) is 58.0 Å². The molecule has 0 spiro atoms. The van der Waals surface area contributed by atoms with E-state index in [0.717, 1.165) is 35.5 Å². The monoisotopic (exact) mass is 642 g/mol. The zero-order valence-corrected chi connectivity index (χ0v) is 25.0. The molecule has 1 heterocycles. The van der Waals surface area contributed by atoms with Crippen LogP contribution in [0.15, 0.2) is 64.8 Å². The minimum atomic E-state index is -4.73. The van der Waals surface area contributed by atoms with Gasteiger partial charge in [0.25, 0.3) is 22.7 Å². The van der Waals surface area contributed by atoms with E-state index in [4.69, 9.17) is 0 Å². The number of carbonyl (C=O) groups excluding carboxylic acids is 2. The number of aromatic nitrogens is 2. The molecule has 1 amide bonds. The summed E-state index contributed by atoms with van der Waals surface area (Å²) in [6.07, 6.45) is -5.79. The van der Waals surface area contributed by atoms with Crippen LogP contribution in [0.3, 0.4) is 0 Å². The van der Waals surface area contributed by atoms with Crippen LogP contribution >= 0.6 is 0 Å². The van der Waals surface area contributed by atoms with Crippen LogP contribution in [-0.2, 0) is 35.3 Å². The molecule has 0 unspecified atom stereocenters. The number of ether oxygens (including phenoxy) is 2. The summed E-state index contributed by atoms with van der Waals surface area (Å²) < 4.78 is 78.3. The molecule has 1 N–H and O–H groups in total. The zero-order valence-electron chi connectivity index (χ0n) is 24.2. The molecule has 44 heavy (non-hydrogen) atoms. The number of nitrogens with zero attached hydrogens (tertiary/aromatic N) is 5. The van der Waals surface area contributed by atoms with E-state index in [1.807, 2.05) is 11.6 Å². The molecule has 0 saturated carbocycles. The summed E-state index contributed by atoms with van der Waals surface area (Å²) in [6.45, 7) is 5.09. The van der Waals surface area contributed by atoms with Gasteiger partial charge in [0.15, 0.2) is 11.2 Å². The third-order valence-corrected chi connectivity index (χ3v) is 7.55. The van der Waals surface area contributed by atoms with E-state index in [2.05, 4.69) is 24.7 Å². The number of rotatable bonds is 11. The van der Waals surface area contributed by atoms with Gasteiger partial charge in [-0.15, -0.1) is 5.01 Å². The van der Waals surface area contributed by atoms with Crippen molar-refractivity contribution in [2.45, 2.75) is 44.3 Å². The van der Waals surface area contributed by atoms with Crippen molar-refractivity contribution in [3.8, 4) is 16.9 Å². The fraction of sp³-hybridized carbons (Fsp3) is 0.346. The minimum Gasteiger partial charge on any atom is -0.569 e. The van der Waals surface area contributed by atoms with Gasteiger partial charge in [-0.2, -0.15) is 18.3 Å². The summed E-state index contributed by atoms with van der Waals surface area (Å²) in [5, 5.41) is 19.8. The Morgan fingerprint density at radius 1 is 1.09 bits per heavy atom. The average Bonchev–Trinajstić information content (AvgIpc) is 3.41. The third-order valence-electron chi connectivity index (χ3n) is 6.21. The van der Waals surface area contributed by atoms with Crippen LogP contribution in [0.1, 0.15) is 32.0 Å². The number of nitrogens with one attached hydrogen (secondary N) is 1. The molecule has 0 aliphatic heterocycles. The second-order valence-corrected chi connectivity index (χ2v) is 11.3. The Morgan fingerprint density at radius 3 is 2.27 bits per heavy atom. The van der Waals surface area contributed by atoms with E-state index in [1.165, 1.54) is 26.0 Å². The van der Waals surface area contributed by atoms with Crippen molar-refractivity contribution in [2.24, 2.45) is 5.28 Å². The van der Waals surface area contributed by atoms with Gasteiger partial charge in [0.2, 0.25) is 5.28 Å². The maximum atomic E-state index is 13.5. The second kappa shape index (κ2) is 13.2. The molecule has 0 fully saturated rings. The average molecular weight is 643 g/mol. The van der Waals surface area contributed by atoms with Gasteiger partial charge in [-0.25, -0.2) is 22.6 Å². The van der Waals surface area contributed by atoms with Crippen molar-refractivity contribution < 1.29 is 50.5 Å². The van der Waals surface area contributed by atoms with E-state index in [-0.39, 0.29) is 23.0 Å². The number of benzene rings is 2. The van der Waals surface area contributed by atoms with Crippen molar-refractivity contribution in [2.75, 3.05) is 20.4 Å². The first-order valence-corrected chi connectivity index (χ1v) is 14.2. The lowest BCUT2D eigenvalue weighted by Gasteiger charge is -2.29. The van der Waals surface area contributed by atoms with Gasteiger partial charge < -0.3 is 19.5 Å². The lowest BCUT2D eigenvalue weighted by atomic mass is 10.1. The molecule has 0 radical (unpaired) electrons. The van der Waals surface area contributed by atoms with Crippen molar-refractivity contribution in [3.05, 3.63) is 71.1 Å². The highest BCUT2D eigenvalue weighted by molar-refractivity contribution is 7.90. The third kappa shape index (κ3) is 7.94. The van der Waals surface area contributed by atoms with Crippen molar-refractivity contribution in [3.63, 3.8) is 0 Å². The molecule has 2 aromatic carbocycles. The standard InChI is InChI=1S/C26H29F3N6O8S/c1-6-41-24(37)42-16-43-32-35(38)33(5)25(3,4)23(36)31-44(39,40)20-13-11-19(12-14-20)34-21(15-22(30-34)26(27,28)29)18-9-7-17(2)8-10-18/h7-15H,6,16H2,1-5H3,(H,31,36). The summed E-state index contributed by atoms with van der Waals surface area (Å²) in [5.41, 5.74) is -1.36. The van der Waals surface area contributed by atoms with Crippen molar-refractivity contribution in [1.29, 1.82) is 0 Å². The highest BCUT2D eigenvalue weighted by Gasteiger charge is 2.41. The smallest absolute Gasteiger partial charge is 0.511 e. The minimum absolute atomic E-state index is 0.0465. The number of aryl methyl sites for hydroxylation is 1. The van der Waals surface area contributed by atoms with E-state index in [1.54, 1.807) is 31.2 Å². The normalized spacial score (nSPS) is 12.4. The first-order chi connectivity index (χ1) is 20.5. The first-order valence-electron chi connectivity index (χ1n) is 12.7. The number of hydrazine groups is 1. The zero-order chi connectivity index (χ0) is 32.9. The molecule has 3 rings (SSSR count). The van der Waals surface area contributed by atoms with E-state index in [0.29, 0.717) is 10.6 Å². The molecule has 18 heteroatoms. The summed E-state index contributed by atoms with van der Waals surface area (Å²) in [6, 6.07) is 12.2. The molecule has 3 aromatic rings. The number of hydrogen-bond acceptors (Lipinski definition) is 10. The molecule has 0 bridgehead atoms. The topological polar surface area (TPSA) is 167 Å². The number of hydrogen-bond donors (Lipinski definition) is 1. The Kier molecular flexibility index (Phi) is 10.1. The predicted molar refractivity (Wildman–Crippen MR) is 146 cm³/mol. The maximum absolute atomic E-state index is 13.5. The molecule has 0 saturated heterocycles. The van der Waals surface area contributed by atoms with Gasteiger partial charge >= 0.3 is 12.3 Å². The number of sulfonamides is 1. The van der Waals surface area contributed by atoms with Gasteiger partial charge in [0.1, 0.15) is 0 Å². The second-order valence-electron chi connectivity index (χ2n) is 9.61. The van der Waals surface area contributed by atoms with Crippen LogP contribution in [0.4, 0.5) is 18.0 Å². The highest BCUT2D eigenvalue weighted by atomic mass is 32.2. The first kappa shape index (κ1) is 33.6. The van der Waals surface area contributed by atoms with Gasteiger partial charge in [0, 0.05) is 5.56 Å². The van der Waals surface area contributed by atoms with E-state index < -0.39 is 51.2 Å². The summed E-state index contributed by atoms with van der Waals surface area (Å²) in [7, 11) is -3.39. The SMILES string of the molecule is CCOC(=O)OCON=[N+]([O-])N(C)C(C)(C)C(=O)NS(=O)(=O)c1ccc(-n2nc(C(F)(F)F)cc2-c2ccc(C)cc2)cc1. The number of halogens is 3. The van der Waals surface area contributed by atoms with Crippen LogP contribution in [0.5, 0.6) is 0 Å². The van der Waals surface area contributed by atoms with Crippen molar-refractivity contribution in [1.82, 2.24) is 19.5 Å². The van der Waals surface area contributed by atoms with Crippen LogP contribution in [0.25, 0.3) is 16.9 Å². The van der Waals surface area contributed by atoms with Crippen LogP contribution in [0, 0.1) is 12.1 Å². The van der Waals surface area contributed by atoms with Crippen LogP contribution < -0.4 is 4.72 Å². The highest BCUT2D eigenvalue weighted by Crippen LogP contribution is 2.33. The lowest BCUT2D eigenvalue weighted by molar-refractivity contribution is -0.717. The van der Waals surface area contributed by atoms with Gasteiger partial charge in [-0.3, -0.25) is 4.79 Å². The quantitative estimate of drug-likeness (QED) is 0.0794. The van der Waals surface area contributed by atoms with Gasteiger partial charge in [-0.1, -0.05) is 29.8 Å². The molecular weight excluding hydrogens is 613 g/mol. The van der Waals surface area contributed by atoms with Crippen LogP contribution in [0.2, 0.25) is 0 Å². The summed E-state index contributed by atoms with van der Waals surface area (Å²) in [5.74, 6) is -1.13. The molecule has 238 valence electrons. The Labute approximate surface area is 250 Å². The van der Waals surface area contributed by atoms with E-state index >= 15 is 0 Å². The van der Waals surface area contributed by atoms with Crippen LogP contribution in [-0.4, -0.2) is 66.2 Å².